The highest BCUT2D eigenvalue weighted by Gasteiger charge is 2.96. The molecule has 1 aliphatic rings. The van der Waals surface area contributed by atoms with Crippen LogP contribution in [0, 0.1) is 0 Å². The first kappa shape index (κ1) is 21.8. The number of carbonyl (C=O) groups excluding carboxylic acids is 2. The highest BCUT2D eigenvalue weighted by Crippen LogP contribution is 2.64. The van der Waals surface area contributed by atoms with Crippen molar-refractivity contribution in [1.29, 1.82) is 0 Å². The molecular weight excluding hydrogens is 417 g/mol. The maximum Gasteiger partial charge on any atom is 0.428 e. The monoisotopic (exact) mass is 425 g/mol. The number of methoxy groups -OCH3 is 1. The van der Waals surface area contributed by atoms with Gasteiger partial charge in [0.1, 0.15) is 0 Å². The third-order valence-corrected chi connectivity index (χ3v) is 3.69. The summed E-state index contributed by atoms with van der Waals surface area (Å²) in [6, 6.07) is 3.35. The topological polar surface area (TPSA) is 64.6 Å². The van der Waals surface area contributed by atoms with Crippen molar-refractivity contribution in [2.45, 2.75) is 29.7 Å². The standard InChI is InChI=1S/C14H8F9NO4/c1-27-8(25)6-2-4-7(5-3-6)24-9(26)10(15,16)13(21)11(17,18)12(19,20)14(22,23)28-13/h2-5H,1H3,(H,24,26)/t13-/m1/s1. The average Bonchev–Trinajstić information content (AvgIpc) is 2.69. The minimum absolute atomic E-state index is 0.140. The molecule has 0 radical (unpaired) electrons. The number of carbonyl (C=O) groups is 2. The molecular formula is C14H8F9NO4. The van der Waals surface area contributed by atoms with Gasteiger partial charge in [-0.1, -0.05) is 0 Å². The third-order valence-electron chi connectivity index (χ3n) is 3.69. The largest absolute Gasteiger partial charge is 0.465 e. The van der Waals surface area contributed by atoms with E-state index in [0.29, 0.717) is 0 Å². The summed E-state index contributed by atoms with van der Waals surface area (Å²) in [7, 11) is 1.01. The molecule has 5 nitrogen and oxygen atoms in total. The van der Waals surface area contributed by atoms with E-state index in [4.69, 9.17) is 0 Å². The lowest BCUT2D eigenvalue weighted by Crippen LogP contribution is -2.63. The summed E-state index contributed by atoms with van der Waals surface area (Å²) in [6.45, 7) is 0. The molecule has 0 aliphatic carbocycles. The van der Waals surface area contributed by atoms with E-state index in [9.17, 15) is 49.1 Å². The smallest absolute Gasteiger partial charge is 0.428 e. The van der Waals surface area contributed by atoms with Crippen LogP contribution in [0.3, 0.4) is 0 Å². The quantitative estimate of drug-likeness (QED) is 0.592. The number of alkyl halides is 9. The molecule has 1 heterocycles. The number of rotatable bonds is 4. The maximum atomic E-state index is 14.0. The number of anilines is 1. The van der Waals surface area contributed by atoms with Crippen molar-refractivity contribution in [2.75, 3.05) is 12.4 Å². The number of ether oxygens (including phenoxy) is 2. The highest BCUT2D eigenvalue weighted by molar-refractivity contribution is 5.97. The van der Waals surface area contributed by atoms with Gasteiger partial charge in [0.15, 0.2) is 0 Å². The first-order chi connectivity index (χ1) is 12.5. The molecule has 1 atom stereocenters. The number of hydrogen-bond acceptors (Lipinski definition) is 4. The SMILES string of the molecule is COC(=O)c1ccc(NC(=O)C(F)(F)[C@@]2(F)OC(F)(F)C(F)(F)C2(F)F)cc1. The van der Waals surface area contributed by atoms with E-state index >= 15 is 0 Å². The van der Waals surface area contributed by atoms with E-state index in [2.05, 4.69) is 9.47 Å². The maximum absolute atomic E-state index is 14.0. The normalized spacial score (nSPS) is 25.2. The molecule has 1 fully saturated rings. The zero-order valence-corrected chi connectivity index (χ0v) is 13.3. The second-order valence-electron chi connectivity index (χ2n) is 5.46. The van der Waals surface area contributed by atoms with Crippen molar-refractivity contribution in [2.24, 2.45) is 0 Å². The fourth-order valence-electron chi connectivity index (χ4n) is 2.11. The van der Waals surface area contributed by atoms with E-state index in [-0.39, 0.29) is 5.56 Å². The van der Waals surface area contributed by atoms with Gasteiger partial charge in [-0.25, -0.2) is 4.79 Å². The minimum atomic E-state index is -6.76. The molecule has 2 rings (SSSR count). The van der Waals surface area contributed by atoms with Crippen LogP contribution >= 0.6 is 0 Å². The van der Waals surface area contributed by atoms with Crippen molar-refractivity contribution < 1.29 is 58.6 Å². The Morgan fingerprint density at radius 2 is 1.46 bits per heavy atom. The fourth-order valence-corrected chi connectivity index (χ4v) is 2.11. The van der Waals surface area contributed by atoms with Gasteiger partial charge < -0.3 is 10.1 Å². The van der Waals surface area contributed by atoms with E-state index in [1.54, 1.807) is 0 Å². The summed E-state index contributed by atoms with van der Waals surface area (Å²) in [4.78, 5) is 22.7. The third kappa shape index (κ3) is 2.77. The van der Waals surface area contributed by atoms with E-state index in [0.717, 1.165) is 31.4 Å². The Morgan fingerprint density at radius 1 is 0.964 bits per heavy atom. The van der Waals surface area contributed by atoms with Gasteiger partial charge in [0.2, 0.25) is 0 Å². The van der Waals surface area contributed by atoms with Gasteiger partial charge in [-0.3, -0.25) is 9.53 Å². The molecule has 1 aromatic rings. The van der Waals surface area contributed by atoms with Crippen molar-refractivity contribution >= 4 is 17.6 Å². The predicted molar refractivity (Wildman–Crippen MR) is 71.1 cm³/mol. The molecule has 1 N–H and O–H groups in total. The molecule has 14 heteroatoms. The van der Waals surface area contributed by atoms with Gasteiger partial charge in [-0.15, -0.1) is 0 Å². The van der Waals surface area contributed by atoms with Crippen molar-refractivity contribution in [3.05, 3.63) is 29.8 Å². The van der Waals surface area contributed by atoms with Crippen molar-refractivity contribution in [3.8, 4) is 0 Å². The number of esters is 1. The van der Waals surface area contributed by atoms with Gasteiger partial charge in [-0.2, -0.15) is 39.5 Å². The van der Waals surface area contributed by atoms with Gasteiger partial charge in [-0.05, 0) is 24.3 Å². The van der Waals surface area contributed by atoms with E-state index < -0.39 is 47.3 Å². The Morgan fingerprint density at radius 3 is 1.86 bits per heavy atom. The Kier molecular flexibility index (Phi) is 4.86. The van der Waals surface area contributed by atoms with Crippen LogP contribution < -0.4 is 5.32 Å². The molecule has 156 valence electrons. The molecule has 0 spiro atoms. The van der Waals surface area contributed by atoms with Crippen LogP contribution in [-0.4, -0.2) is 48.7 Å². The van der Waals surface area contributed by atoms with Gasteiger partial charge in [0.25, 0.3) is 0 Å². The minimum Gasteiger partial charge on any atom is -0.465 e. The van der Waals surface area contributed by atoms with E-state index in [1.165, 1.54) is 5.32 Å². The van der Waals surface area contributed by atoms with Crippen LogP contribution in [0.1, 0.15) is 10.4 Å². The second kappa shape index (κ2) is 6.25. The van der Waals surface area contributed by atoms with Crippen LogP contribution in [0.4, 0.5) is 45.2 Å². The number of benzene rings is 1. The molecule has 0 aromatic heterocycles. The summed E-state index contributed by atoms with van der Waals surface area (Å²) in [5.74, 6) is -29.8. The highest BCUT2D eigenvalue weighted by atomic mass is 19.4. The number of hydrogen-bond donors (Lipinski definition) is 1. The number of halogens is 9. The van der Waals surface area contributed by atoms with Crippen LogP contribution in [0.2, 0.25) is 0 Å². The summed E-state index contributed by atoms with van der Waals surface area (Å²) >= 11 is 0. The Balaban J connectivity index is 2.33. The van der Waals surface area contributed by atoms with E-state index in [1.807, 2.05) is 0 Å². The zero-order valence-electron chi connectivity index (χ0n) is 13.3. The van der Waals surface area contributed by atoms with Crippen LogP contribution in [-0.2, 0) is 14.3 Å². The Labute approximate surface area is 149 Å². The summed E-state index contributed by atoms with van der Waals surface area (Å²) in [5.41, 5.74) is -0.778. The predicted octanol–water partition coefficient (Wildman–Crippen LogP) is 3.61. The molecule has 0 saturated carbocycles. The Bertz CT molecular complexity index is 797. The first-order valence-corrected chi connectivity index (χ1v) is 6.95. The molecule has 0 bridgehead atoms. The number of amides is 1. The molecule has 1 aromatic carbocycles. The van der Waals surface area contributed by atoms with Gasteiger partial charge >= 0.3 is 41.6 Å². The molecule has 1 amide bonds. The zero-order chi connectivity index (χ0) is 21.8. The van der Waals surface area contributed by atoms with Gasteiger partial charge in [0.05, 0.1) is 12.7 Å². The molecule has 1 saturated heterocycles. The lowest BCUT2D eigenvalue weighted by Gasteiger charge is -2.31. The lowest BCUT2D eigenvalue weighted by atomic mass is 9.99. The van der Waals surface area contributed by atoms with Crippen LogP contribution in [0.25, 0.3) is 0 Å². The fraction of sp³-hybridized carbons (Fsp3) is 0.429. The first-order valence-electron chi connectivity index (χ1n) is 6.95. The van der Waals surface area contributed by atoms with Crippen LogP contribution in [0.5, 0.6) is 0 Å². The molecule has 1 aliphatic heterocycles. The van der Waals surface area contributed by atoms with Gasteiger partial charge in [0, 0.05) is 5.69 Å². The lowest BCUT2D eigenvalue weighted by molar-refractivity contribution is -0.366. The van der Waals surface area contributed by atoms with Crippen molar-refractivity contribution in [1.82, 2.24) is 0 Å². The Hall–Kier alpha value is -2.51. The summed E-state index contributed by atoms with van der Waals surface area (Å²) in [5, 5.41) is 1.18. The molecule has 0 unspecified atom stereocenters. The summed E-state index contributed by atoms with van der Waals surface area (Å²) < 4.78 is 127. The molecule has 28 heavy (non-hydrogen) atoms. The second-order valence-corrected chi connectivity index (χ2v) is 5.46. The number of nitrogens with one attached hydrogen (secondary N) is 1. The van der Waals surface area contributed by atoms with Crippen LogP contribution in [0.15, 0.2) is 24.3 Å². The summed E-state index contributed by atoms with van der Waals surface area (Å²) in [6.07, 6.45) is -6.32. The van der Waals surface area contributed by atoms with Crippen molar-refractivity contribution in [3.63, 3.8) is 0 Å². The average molecular weight is 425 g/mol.